The van der Waals surface area contributed by atoms with E-state index in [0.717, 1.165) is 10.0 Å². The van der Waals surface area contributed by atoms with Crippen molar-refractivity contribution in [3.8, 4) is 0 Å². The zero-order chi connectivity index (χ0) is 17.6. The third kappa shape index (κ3) is 2.75. The third-order valence-corrected chi connectivity index (χ3v) is 5.77. The fourth-order valence-electron chi connectivity index (χ4n) is 3.62. The van der Waals surface area contributed by atoms with E-state index in [-0.39, 0.29) is 11.9 Å². The van der Waals surface area contributed by atoms with Gasteiger partial charge in [-0.15, -0.1) is 0 Å². The maximum atomic E-state index is 12.8. The highest BCUT2D eigenvalue weighted by molar-refractivity contribution is 9.10. The molecule has 0 radical (unpaired) electrons. The van der Waals surface area contributed by atoms with E-state index < -0.39 is 5.60 Å². The van der Waals surface area contributed by atoms with Crippen LogP contribution in [0.3, 0.4) is 0 Å². The molecule has 0 aromatic heterocycles. The molecule has 1 amide bonds. The van der Waals surface area contributed by atoms with Gasteiger partial charge >= 0.3 is 5.97 Å². The summed E-state index contributed by atoms with van der Waals surface area (Å²) in [5.74, 6) is -0.371. The van der Waals surface area contributed by atoms with Gasteiger partial charge in [-0.1, -0.05) is 45.7 Å². The van der Waals surface area contributed by atoms with Crippen molar-refractivity contribution in [1.29, 1.82) is 0 Å². The van der Waals surface area contributed by atoms with Gasteiger partial charge in [0.25, 0.3) is 5.91 Å². The Morgan fingerprint density at radius 3 is 2.64 bits per heavy atom. The Hall–Kier alpha value is -1.85. The number of carbonyl (C=O) groups is 2. The molecular formula is C19H15BrClNO3. The normalized spacial score (nSPS) is 18.2. The molecule has 1 spiro atoms. The lowest BCUT2D eigenvalue weighted by Crippen LogP contribution is -2.45. The van der Waals surface area contributed by atoms with Gasteiger partial charge in [0.1, 0.15) is 5.60 Å². The molecule has 0 bridgehead atoms. The number of ether oxygens (including phenoxy) is 1. The van der Waals surface area contributed by atoms with Crippen molar-refractivity contribution in [2.45, 2.75) is 18.4 Å². The summed E-state index contributed by atoms with van der Waals surface area (Å²) in [6.45, 7) is 1.03. The predicted octanol–water partition coefficient (Wildman–Crippen LogP) is 4.40. The van der Waals surface area contributed by atoms with Crippen LogP contribution in [0.5, 0.6) is 0 Å². The summed E-state index contributed by atoms with van der Waals surface area (Å²) in [6, 6.07) is 12.8. The summed E-state index contributed by atoms with van der Waals surface area (Å²) >= 11 is 9.55. The van der Waals surface area contributed by atoms with E-state index in [9.17, 15) is 9.59 Å². The number of amides is 1. The number of esters is 1. The number of rotatable bonds is 1. The molecule has 6 heteroatoms. The van der Waals surface area contributed by atoms with Gasteiger partial charge in [0, 0.05) is 36.0 Å². The molecule has 0 aliphatic carbocycles. The lowest BCUT2D eigenvalue weighted by molar-refractivity contribution is -0.0389. The summed E-state index contributed by atoms with van der Waals surface area (Å²) in [4.78, 5) is 26.7. The number of piperidine rings is 1. The predicted molar refractivity (Wildman–Crippen MR) is 97.8 cm³/mol. The highest BCUT2D eigenvalue weighted by Gasteiger charge is 2.47. The minimum absolute atomic E-state index is 0.0984. The average Bonchev–Trinajstić information content (AvgIpc) is 2.90. The molecular weight excluding hydrogens is 406 g/mol. The monoisotopic (exact) mass is 419 g/mol. The molecule has 0 atom stereocenters. The summed E-state index contributed by atoms with van der Waals surface area (Å²) in [6.07, 6.45) is 1.18. The molecule has 1 saturated heterocycles. The van der Waals surface area contributed by atoms with E-state index in [1.807, 2.05) is 18.2 Å². The fraction of sp³-hybridized carbons (Fsp3) is 0.263. The Kier molecular flexibility index (Phi) is 4.08. The van der Waals surface area contributed by atoms with Crippen LogP contribution in [-0.4, -0.2) is 29.9 Å². The molecule has 2 heterocycles. The molecule has 1 fully saturated rings. The maximum Gasteiger partial charge on any atom is 0.339 e. The van der Waals surface area contributed by atoms with E-state index in [1.54, 1.807) is 29.2 Å². The molecule has 0 N–H and O–H groups in total. The summed E-state index contributed by atoms with van der Waals surface area (Å²) < 4.78 is 6.54. The molecule has 2 aromatic rings. The summed E-state index contributed by atoms with van der Waals surface area (Å²) in [5.41, 5.74) is 1.45. The van der Waals surface area contributed by atoms with E-state index in [0.29, 0.717) is 42.1 Å². The minimum Gasteiger partial charge on any atom is -0.450 e. The quantitative estimate of drug-likeness (QED) is 0.642. The lowest BCUT2D eigenvalue weighted by Gasteiger charge is -2.38. The largest absolute Gasteiger partial charge is 0.450 e. The Labute approximate surface area is 158 Å². The first-order valence-electron chi connectivity index (χ1n) is 8.07. The van der Waals surface area contributed by atoms with Crippen LogP contribution < -0.4 is 0 Å². The van der Waals surface area contributed by atoms with Gasteiger partial charge < -0.3 is 9.64 Å². The minimum atomic E-state index is -0.606. The van der Waals surface area contributed by atoms with Crippen LogP contribution in [0.4, 0.5) is 0 Å². The molecule has 2 aliphatic rings. The number of hydrogen-bond acceptors (Lipinski definition) is 3. The van der Waals surface area contributed by atoms with Gasteiger partial charge in [-0.25, -0.2) is 4.79 Å². The highest BCUT2D eigenvalue weighted by Crippen LogP contribution is 2.44. The van der Waals surface area contributed by atoms with Crippen molar-refractivity contribution < 1.29 is 14.3 Å². The first-order chi connectivity index (χ1) is 12.0. The Bertz CT molecular complexity index is 875. The number of hydrogen-bond donors (Lipinski definition) is 0. The van der Waals surface area contributed by atoms with Crippen molar-refractivity contribution >= 4 is 39.4 Å². The summed E-state index contributed by atoms with van der Waals surface area (Å²) in [7, 11) is 0. The molecule has 2 aliphatic heterocycles. The Morgan fingerprint density at radius 1 is 1.16 bits per heavy atom. The van der Waals surface area contributed by atoms with Crippen molar-refractivity contribution in [1.82, 2.24) is 4.90 Å². The van der Waals surface area contributed by atoms with Crippen LogP contribution in [0.15, 0.2) is 46.9 Å². The standard InChI is InChI=1S/C19H15BrClNO3/c20-12-5-6-16(21)14(11-12)17(23)22-9-7-19(8-10-22)15-4-2-1-3-13(15)18(24)25-19/h1-6,11H,7-10H2. The zero-order valence-corrected chi connectivity index (χ0v) is 15.6. The van der Waals surface area contributed by atoms with Crippen molar-refractivity contribution in [3.63, 3.8) is 0 Å². The van der Waals surface area contributed by atoms with Gasteiger partial charge in [0.15, 0.2) is 0 Å². The van der Waals surface area contributed by atoms with E-state index >= 15 is 0 Å². The van der Waals surface area contributed by atoms with Gasteiger partial charge in [0.2, 0.25) is 0 Å². The fourth-order valence-corrected chi connectivity index (χ4v) is 4.18. The van der Waals surface area contributed by atoms with Crippen molar-refractivity contribution in [3.05, 3.63) is 68.7 Å². The van der Waals surface area contributed by atoms with Gasteiger partial charge in [0.05, 0.1) is 16.1 Å². The second-order valence-electron chi connectivity index (χ2n) is 6.35. The number of carbonyl (C=O) groups excluding carboxylic acids is 2. The molecule has 2 aromatic carbocycles. The maximum absolute atomic E-state index is 12.8. The van der Waals surface area contributed by atoms with Crippen molar-refractivity contribution in [2.24, 2.45) is 0 Å². The van der Waals surface area contributed by atoms with Crippen LogP contribution >= 0.6 is 27.5 Å². The van der Waals surface area contributed by atoms with Gasteiger partial charge in [-0.3, -0.25) is 4.79 Å². The van der Waals surface area contributed by atoms with E-state index in [4.69, 9.17) is 16.3 Å². The van der Waals surface area contributed by atoms with Crippen LogP contribution in [0, 0.1) is 0 Å². The zero-order valence-electron chi connectivity index (χ0n) is 13.3. The molecule has 4 nitrogen and oxygen atoms in total. The van der Waals surface area contributed by atoms with Gasteiger partial charge in [-0.05, 0) is 24.3 Å². The molecule has 4 rings (SSSR count). The SMILES string of the molecule is O=C1OC2(CCN(C(=O)c3cc(Br)ccc3Cl)CC2)c2ccccc21. The van der Waals surface area contributed by atoms with Crippen LogP contribution in [0.2, 0.25) is 5.02 Å². The highest BCUT2D eigenvalue weighted by atomic mass is 79.9. The average molecular weight is 421 g/mol. The molecule has 128 valence electrons. The van der Waals surface area contributed by atoms with Crippen LogP contribution in [-0.2, 0) is 10.3 Å². The Balaban J connectivity index is 1.55. The van der Waals surface area contributed by atoms with E-state index in [2.05, 4.69) is 15.9 Å². The van der Waals surface area contributed by atoms with E-state index in [1.165, 1.54) is 0 Å². The summed E-state index contributed by atoms with van der Waals surface area (Å²) in [5, 5.41) is 0.436. The van der Waals surface area contributed by atoms with Crippen LogP contribution in [0.25, 0.3) is 0 Å². The number of nitrogens with zero attached hydrogens (tertiary/aromatic N) is 1. The first kappa shape index (κ1) is 16.6. The molecule has 0 unspecified atom stereocenters. The second-order valence-corrected chi connectivity index (χ2v) is 7.67. The first-order valence-corrected chi connectivity index (χ1v) is 9.24. The topological polar surface area (TPSA) is 46.6 Å². The smallest absolute Gasteiger partial charge is 0.339 e. The lowest BCUT2D eigenvalue weighted by atomic mass is 9.83. The van der Waals surface area contributed by atoms with Crippen LogP contribution in [0.1, 0.15) is 39.1 Å². The molecule has 25 heavy (non-hydrogen) atoms. The van der Waals surface area contributed by atoms with Gasteiger partial charge in [-0.2, -0.15) is 0 Å². The molecule has 0 saturated carbocycles. The number of fused-ring (bicyclic) bond motifs is 2. The number of benzene rings is 2. The number of halogens is 2. The Morgan fingerprint density at radius 2 is 1.88 bits per heavy atom. The van der Waals surface area contributed by atoms with Crippen molar-refractivity contribution in [2.75, 3.05) is 13.1 Å². The third-order valence-electron chi connectivity index (χ3n) is 4.94. The number of likely N-dealkylation sites (tertiary alicyclic amines) is 1. The second kappa shape index (κ2) is 6.15.